The molecule has 297 valence electrons. The van der Waals surface area contributed by atoms with E-state index >= 15 is 0 Å². The Morgan fingerprint density at radius 3 is 1.68 bits per heavy atom. The quantitative estimate of drug-likeness (QED) is 0.156. The molecular formula is C53H51IrN3OSi. The van der Waals surface area contributed by atoms with Gasteiger partial charge in [0.25, 0.3) is 0 Å². The molecule has 4 heterocycles. The van der Waals surface area contributed by atoms with E-state index in [2.05, 4.69) is 165 Å². The smallest absolute Gasteiger partial charge is 0.143 e. The summed E-state index contributed by atoms with van der Waals surface area (Å²) in [5.74, 6) is 0. The van der Waals surface area contributed by atoms with Gasteiger partial charge >= 0.3 is 0 Å². The second kappa shape index (κ2) is 19.3. The standard InChI is InChI=1S/C28H25NO.C14H17NSi.C11H9N.Ir/c1-28(2,3)18-19-14-15-29-25(16-19)21-12-13-26-24(17-21)23-11-7-10-22(27(23)30-26)20-8-5-4-6-9-20;1-16(2,3)13-9-10-14(15-11-13)12-7-5-4-6-8-12;1-2-6-10(7-3-1)11-8-4-5-9-12-11;/h4-17H,18H2,1-3H3;4-11H,1-3H3;1-9H;. The molecule has 9 aromatic rings. The number of hydrogen-bond acceptors (Lipinski definition) is 4. The van der Waals surface area contributed by atoms with E-state index in [9.17, 15) is 0 Å². The summed E-state index contributed by atoms with van der Waals surface area (Å²) < 4.78 is 6.30. The molecule has 0 N–H and O–H groups in total. The fraction of sp³-hybridized carbons (Fsp3) is 0.151. The van der Waals surface area contributed by atoms with Gasteiger partial charge in [0.1, 0.15) is 11.2 Å². The molecule has 0 aliphatic heterocycles. The van der Waals surface area contributed by atoms with E-state index in [1.165, 1.54) is 21.9 Å². The van der Waals surface area contributed by atoms with Gasteiger partial charge in [-0.25, -0.2) is 0 Å². The van der Waals surface area contributed by atoms with E-state index in [-0.39, 0.29) is 25.5 Å². The number of rotatable bonds is 6. The van der Waals surface area contributed by atoms with Crippen molar-refractivity contribution in [1.82, 2.24) is 15.0 Å². The molecule has 0 atom stereocenters. The summed E-state index contributed by atoms with van der Waals surface area (Å²) >= 11 is 0. The first-order valence-electron chi connectivity index (χ1n) is 20.0. The van der Waals surface area contributed by atoms with Crippen LogP contribution in [0.1, 0.15) is 26.3 Å². The molecule has 0 aliphatic rings. The Kier molecular flexibility index (Phi) is 14.0. The van der Waals surface area contributed by atoms with Crippen molar-refractivity contribution < 1.29 is 24.5 Å². The second-order valence-corrected chi connectivity index (χ2v) is 21.9. The molecule has 0 saturated heterocycles. The van der Waals surface area contributed by atoms with Crippen LogP contribution in [0.25, 0.3) is 66.8 Å². The minimum Gasteiger partial charge on any atom is -0.455 e. The number of para-hydroxylation sites is 1. The van der Waals surface area contributed by atoms with E-state index in [0.29, 0.717) is 0 Å². The summed E-state index contributed by atoms with van der Waals surface area (Å²) in [7, 11) is -1.22. The number of hydrogen-bond donors (Lipinski definition) is 0. The van der Waals surface area contributed by atoms with Gasteiger partial charge < -0.3 is 4.42 Å². The zero-order valence-corrected chi connectivity index (χ0v) is 38.1. The number of benzene rings is 5. The maximum atomic E-state index is 6.30. The predicted molar refractivity (Wildman–Crippen MR) is 248 cm³/mol. The zero-order chi connectivity index (χ0) is 40.5. The minimum atomic E-state index is -1.22. The van der Waals surface area contributed by atoms with Crippen molar-refractivity contribution in [3.8, 4) is 44.9 Å². The van der Waals surface area contributed by atoms with Crippen molar-refractivity contribution in [2.75, 3.05) is 0 Å². The van der Waals surface area contributed by atoms with Gasteiger partial charge in [0.05, 0.1) is 25.2 Å². The molecule has 0 bridgehead atoms. The number of aromatic nitrogens is 3. The Hall–Kier alpha value is -5.78. The molecule has 0 spiro atoms. The van der Waals surface area contributed by atoms with Crippen LogP contribution in [0.4, 0.5) is 0 Å². The third-order valence-corrected chi connectivity index (χ3v) is 11.9. The summed E-state index contributed by atoms with van der Waals surface area (Å²) in [5, 5.41) is 3.68. The average Bonchev–Trinajstić information content (AvgIpc) is 3.63. The predicted octanol–water partition coefficient (Wildman–Crippen LogP) is 13.9. The summed E-state index contributed by atoms with van der Waals surface area (Å²) in [6, 6.07) is 58.2. The van der Waals surface area contributed by atoms with E-state index < -0.39 is 8.07 Å². The van der Waals surface area contributed by atoms with Gasteiger partial charge in [0, 0.05) is 71.7 Å². The SMILES string of the molecule is CC(C)(C)Cc1ccnc(-c2ccc3oc4c(-c5ccccc5)cccc4c3c2)c1.C[Si](C)(C)c1ccc(-c2ccccc2)nc1.[Ir].c1ccc(-c2ccccn2)cc1. The molecule has 1 radical (unpaired) electrons. The molecule has 9 rings (SSSR count). The molecule has 4 aromatic heterocycles. The summed E-state index contributed by atoms with van der Waals surface area (Å²) in [6.07, 6.45) is 6.79. The van der Waals surface area contributed by atoms with E-state index in [4.69, 9.17) is 4.42 Å². The van der Waals surface area contributed by atoms with Crippen LogP contribution in [0.2, 0.25) is 19.6 Å². The monoisotopic (exact) mass is 966 g/mol. The first-order chi connectivity index (χ1) is 28.0. The second-order valence-electron chi connectivity index (χ2n) is 16.8. The fourth-order valence-corrected chi connectivity index (χ4v) is 7.95. The van der Waals surface area contributed by atoms with Crippen LogP contribution in [0.3, 0.4) is 0 Å². The Balaban J connectivity index is 0.000000169. The van der Waals surface area contributed by atoms with Crippen molar-refractivity contribution in [3.63, 3.8) is 0 Å². The Labute approximate surface area is 363 Å². The Morgan fingerprint density at radius 1 is 0.492 bits per heavy atom. The average molecular weight is 966 g/mol. The molecule has 4 nitrogen and oxygen atoms in total. The maximum Gasteiger partial charge on any atom is 0.143 e. The fourth-order valence-electron chi connectivity index (χ4n) is 6.92. The first-order valence-corrected chi connectivity index (χ1v) is 23.5. The van der Waals surface area contributed by atoms with Crippen LogP contribution in [0, 0.1) is 5.41 Å². The Morgan fingerprint density at radius 2 is 1.10 bits per heavy atom. The molecular weight excluding hydrogens is 915 g/mol. The van der Waals surface area contributed by atoms with Gasteiger partial charge in [0.2, 0.25) is 0 Å². The van der Waals surface area contributed by atoms with Crippen LogP contribution in [0.5, 0.6) is 0 Å². The maximum absolute atomic E-state index is 6.30. The van der Waals surface area contributed by atoms with Crippen LogP contribution in [0.15, 0.2) is 193 Å². The van der Waals surface area contributed by atoms with Gasteiger partial charge in [-0.15, -0.1) is 0 Å². The third kappa shape index (κ3) is 11.2. The normalized spacial score (nSPS) is 11.2. The number of nitrogens with zero attached hydrogens (tertiary/aromatic N) is 3. The molecule has 59 heavy (non-hydrogen) atoms. The van der Waals surface area contributed by atoms with Crippen LogP contribution >= 0.6 is 0 Å². The van der Waals surface area contributed by atoms with Crippen molar-refractivity contribution in [1.29, 1.82) is 0 Å². The minimum absolute atomic E-state index is 0. The molecule has 0 saturated carbocycles. The summed E-state index contributed by atoms with van der Waals surface area (Å²) in [5.41, 5.74) is 12.2. The molecule has 0 aliphatic carbocycles. The zero-order valence-electron chi connectivity index (χ0n) is 34.7. The summed E-state index contributed by atoms with van der Waals surface area (Å²) in [6.45, 7) is 13.8. The van der Waals surface area contributed by atoms with Gasteiger partial charge in [-0.05, 0) is 76.7 Å². The third-order valence-electron chi connectivity index (χ3n) is 9.87. The number of pyridine rings is 3. The van der Waals surface area contributed by atoms with Crippen molar-refractivity contribution in [3.05, 3.63) is 194 Å². The van der Waals surface area contributed by atoms with Gasteiger partial charge in [-0.3, -0.25) is 15.0 Å². The van der Waals surface area contributed by atoms with Crippen molar-refractivity contribution in [2.24, 2.45) is 5.41 Å². The largest absolute Gasteiger partial charge is 0.455 e. The van der Waals surface area contributed by atoms with E-state index in [1.54, 1.807) is 0 Å². The molecule has 5 aromatic carbocycles. The molecule has 0 fully saturated rings. The van der Waals surface area contributed by atoms with Crippen LogP contribution < -0.4 is 5.19 Å². The number of fused-ring (bicyclic) bond motifs is 3. The van der Waals surface area contributed by atoms with Crippen LogP contribution in [-0.2, 0) is 26.5 Å². The van der Waals surface area contributed by atoms with Gasteiger partial charge in [-0.2, -0.15) is 0 Å². The van der Waals surface area contributed by atoms with Crippen LogP contribution in [-0.4, -0.2) is 23.0 Å². The van der Waals surface area contributed by atoms with E-state index in [1.807, 2.05) is 79.3 Å². The van der Waals surface area contributed by atoms with Crippen molar-refractivity contribution >= 4 is 35.2 Å². The topological polar surface area (TPSA) is 51.8 Å². The van der Waals surface area contributed by atoms with Crippen molar-refractivity contribution in [2.45, 2.75) is 46.8 Å². The molecule has 6 heteroatoms. The number of furan rings is 1. The Bertz CT molecular complexity index is 2650. The first kappa shape index (κ1) is 42.8. The molecule has 0 amide bonds. The summed E-state index contributed by atoms with van der Waals surface area (Å²) in [4.78, 5) is 13.4. The molecule has 0 unspecified atom stereocenters. The van der Waals surface area contributed by atoms with E-state index in [0.717, 1.165) is 62.1 Å². The van der Waals surface area contributed by atoms with Gasteiger partial charge in [-0.1, -0.05) is 162 Å². The van der Waals surface area contributed by atoms with Gasteiger partial charge in [0.15, 0.2) is 0 Å².